The third-order valence-electron chi connectivity index (χ3n) is 2.65. The quantitative estimate of drug-likeness (QED) is 0.871. The zero-order chi connectivity index (χ0) is 14.3. The van der Waals surface area contributed by atoms with E-state index in [-0.39, 0.29) is 10.9 Å². The molecule has 0 spiro atoms. The lowest BCUT2D eigenvalue weighted by atomic mass is 9.94. The van der Waals surface area contributed by atoms with Crippen molar-refractivity contribution < 1.29 is 17.9 Å². The molecule has 0 saturated carbocycles. The Morgan fingerprint density at radius 1 is 1.37 bits per heavy atom. The summed E-state index contributed by atoms with van der Waals surface area (Å²) in [6.07, 6.45) is -1.36. The molecule has 0 aliphatic rings. The van der Waals surface area contributed by atoms with Gasteiger partial charge in [-0.3, -0.25) is 0 Å². The van der Waals surface area contributed by atoms with Crippen molar-refractivity contribution in [2.24, 2.45) is 5.41 Å². The standard InChI is InChI=1S/C11H11ClF3N3O/c1-10(2,11(13,14)15)6-19-7-5-8(12)17-18-4-3-16-9(7)18/h3-5H,6H2,1-2H3. The number of nitrogens with zero attached hydrogens (tertiary/aromatic N) is 3. The van der Waals surface area contributed by atoms with Gasteiger partial charge in [0.15, 0.2) is 16.5 Å². The number of imidazole rings is 1. The lowest BCUT2D eigenvalue weighted by molar-refractivity contribution is -0.219. The Morgan fingerprint density at radius 2 is 2.05 bits per heavy atom. The van der Waals surface area contributed by atoms with Gasteiger partial charge >= 0.3 is 6.18 Å². The highest BCUT2D eigenvalue weighted by atomic mass is 35.5. The van der Waals surface area contributed by atoms with Crippen LogP contribution in [0.15, 0.2) is 18.5 Å². The summed E-state index contributed by atoms with van der Waals surface area (Å²) in [6.45, 7) is 1.61. The lowest BCUT2D eigenvalue weighted by Gasteiger charge is -2.27. The first-order chi connectivity index (χ1) is 8.71. The number of ether oxygens (including phenoxy) is 1. The molecule has 0 amide bonds. The van der Waals surface area contributed by atoms with E-state index in [9.17, 15) is 13.2 Å². The van der Waals surface area contributed by atoms with Gasteiger partial charge in [-0.05, 0) is 13.8 Å². The van der Waals surface area contributed by atoms with Gasteiger partial charge in [0.2, 0.25) is 0 Å². The van der Waals surface area contributed by atoms with Crippen molar-refractivity contribution >= 4 is 17.2 Å². The molecule has 0 aromatic carbocycles. The Morgan fingerprint density at radius 3 is 2.68 bits per heavy atom. The van der Waals surface area contributed by atoms with Gasteiger partial charge < -0.3 is 4.74 Å². The number of hydrogen-bond donors (Lipinski definition) is 0. The van der Waals surface area contributed by atoms with Crippen LogP contribution >= 0.6 is 11.6 Å². The SMILES string of the molecule is CC(C)(COc1cc(Cl)nn2ccnc12)C(F)(F)F. The number of rotatable bonds is 3. The van der Waals surface area contributed by atoms with Gasteiger partial charge in [0.05, 0.1) is 5.41 Å². The first kappa shape index (κ1) is 13.9. The molecule has 2 heterocycles. The van der Waals surface area contributed by atoms with Crippen molar-refractivity contribution in [2.45, 2.75) is 20.0 Å². The van der Waals surface area contributed by atoms with Crippen molar-refractivity contribution in [2.75, 3.05) is 6.61 Å². The number of alkyl halides is 3. The monoisotopic (exact) mass is 293 g/mol. The van der Waals surface area contributed by atoms with E-state index in [2.05, 4.69) is 10.1 Å². The first-order valence-corrected chi connectivity index (χ1v) is 5.78. The van der Waals surface area contributed by atoms with Crippen LogP contribution in [-0.2, 0) is 0 Å². The van der Waals surface area contributed by atoms with Gasteiger partial charge in [0.1, 0.15) is 6.61 Å². The summed E-state index contributed by atoms with van der Waals surface area (Å²) >= 11 is 5.76. The Labute approximate surface area is 112 Å². The molecule has 0 bridgehead atoms. The highest BCUT2D eigenvalue weighted by molar-refractivity contribution is 6.29. The molecular weight excluding hydrogens is 283 g/mol. The summed E-state index contributed by atoms with van der Waals surface area (Å²) in [4.78, 5) is 3.96. The maximum atomic E-state index is 12.7. The minimum absolute atomic E-state index is 0.116. The Bertz CT molecular complexity index is 594. The first-order valence-electron chi connectivity index (χ1n) is 5.40. The molecule has 0 aliphatic carbocycles. The molecule has 8 heteroatoms. The van der Waals surface area contributed by atoms with E-state index in [0.29, 0.717) is 5.65 Å². The van der Waals surface area contributed by atoms with Gasteiger partial charge in [-0.15, -0.1) is 0 Å². The van der Waals surface area contributed by atoms with E-state index in [1.807, 2.05) is 0 Å². The van der Waals surface area contributed by atoms with Crippen LogP contribution in [0.25, 0.3) is 5.65 Å². The second kappa shape index (κ2) is 4.56. The fourth-order valence-corrected chi connectivity index (χ4v) is 1.49. The summed E-state index contributed by atoms with van der Waals surface area (Å²) in [5, 5.41) is 4.02. The van der Waals surface area contributed by atoms with Gasteiger partial charge in [-0.1, -0.05) is 11.6 Å². The molecule has 0 unspecified atom stereocenters. The van der Waals surface area contributed by atoms with E-state index in [1.165, 1.54) is 23.0 Å². The number of aromatic nitrogens is 3. The second-order valence-corrected chi connectivity index (χ2v) is 5.08. The zero-order valence-electron chi connectivity index (χ0n) is 10.2. The van der Waals surface area contributed by atoms with E-state index >= 15 is 0 Å². The lowest BCUT2D eigenvalue weighted by Crippen LogP contribution is -2.37. The number of fused-ring (bicyclic) bond motifs is 1. The average Bonchev–Trinajstić information content (AvgIpc) is 2.72. The third kappa shape index (κ3) is 2.75. The molecule has 0 aliphatic heterocycles. The minimum Gasteiger partial charge on any atom is -0.489 e. The Hall–Kier alpha value is -1.50. The highest BCUT2D eigenvalue weighted by Crippen LogP contribution is 2.38. The molecule has 0 N–H and O–H groups in total. The average molecular weight is 294 g/mol. The van der Waals surface area contributed by atoms with Gasteiger partial charge in [-0.2, -0.15) is 18.3 Å². The number of halogens is 4. The van der Waals surface area contributed by atoms with Gasteiger partial charge in [0, 0.05) is 18.5 Å². The molecular formula is C11H11ClF3N3O. The van der Waals surface area contributed by atoms with Crippen LogP contribution in [0.3, 0.4) is 0 Å². The maximum absolute atomic E-state index is 12.7. The molecule has 0 atom stereocenters. The fourth-order valence-electron chi connectivity index (χ4n) is 1.30. The zero-order valence-corrected chi connectivity index (χ0v) is 11.0. The van der Waals surface area contributed by atoms with Crippen molar-refractivity contribution in [1.29, 1.82) is 0 Å². The minimum atomic E-state index is -4.35. The smallest absolute Gasteiger partial charge is 0.397 e. The fraction of sp³-hybridized carbons (Fsp3) is 0.455. The third-order valence-corrected chi connectivity index (χ3v) is 2.84. The number of hydrogen-bond acceptors (Lipinski definition) is 3. The second-order valence-electron chi connectivity index (χ2n) is 4.70. The van der Waals surface area contributed by atoms with E-state index in [1.54, 1.807) is 0 Å². The molecule has 0 saturated heterocycles. The van der Waals surface area contributed by atoms with Crippen LogP contribution in [0.1, 0.15) is 13.8 Å². The van der Waals surface area contributed by atoms with Crippen LogP contribution in [0.5, 0.6) is 5.75 Å². The van der Waals surface area contributed by atoms with Crippen LogP contribution in [0.2, 0.25) is 5.15 Å². The van der Waals surface area contributed by atoms with E-state index in [4.69, 9.17) is 16.3 Å². The van der Waals surface area contributed by atoms with Gasteiger partial charge in [-0.25, -0.2) is 9.50 Å². The summed E-state index contributed by atoms with van der Waals surface area (Å²) in [5.74, 6) is 0.169. The summed E-state index contributed by atoms with van der Waals surface area (Å²) in [5.41, 5.74) is -1.64. The van der Waals surface area contributed by atoms with Gasteiger partial charge in [0.25, 0.3) is 0 Å². The molecule has 2 rings (SSSR count). The molecule has 0 radical (unpaired) electrons. The molecule has 2 aromatic heterocycles. The van der Waals surface area contributed by atoms with Crippen LogP contribution in [-0.4, -0.2) is 27.4 Å². The highest BCUT2D eigenvalue weighted by Gasteiger charge is 2.48. The van der Waals surface area contributed by atoms with E-state index < -0.39 is 18.2 Å². The van der Waals surface area contributed by atoms with Crippen molar-refractivity contribution in [3.05, 3.63) is 23.6 Å². The topological polar surface area (TPSA) is 39.4 Å². The van der Waals surface area contributed by atoms with Crippen molar-refractivity contribution in [1.82, 2.24) is 14.6 Å². The predicted molar refractivity (Wildman–Crippen MR) is 63.3 cm³/mol. The van der Waals surface area contributed by atoms with Crippen LogP contribution in [0, 0.1) is 5.41 Å². The molecule has 4 nitrogen and oxygen atoms in total. The summed E-state index contributed by atoms with van der Waals surface area (Å²) in [7, 11) is 0. The molecule has 19 heavy (non-hydrogen) atoms. The van der Waals surface area contributed by atoms with E-state index in [0.717, 1.165) is 13.8 Å². The molecule has 0 fully saturated rings. The Balaban J connectivity index is 2.25. The normalized spacial score (nSPS) is 12.9. The summed E-state index contributed by atoms with van der Waals surface area (Å²) < 4.78 is 44.8. The van der Waals surface area contributed by atoms with Crippen molar-refractivity contribution in [3.63, 3.8) is 0 Å². The maximum Gasteiger partial charge on any atom is 0.397 e. The molecule has 2 aromatic rings. The summed E-state index contributed by atoms with van der Waals surface area (Å²) in [6, 6.07) is 1.34. The largest absolute Gasteiger partial charge is 0.489 e. The predicted octanol–water partition coefficient (Wildman–Crippen LogP) is 3.35. The van der Waals surface area contributed by atoms with Crippen LogP contribution in [0.4, 0.5) is 13.2 Å². The Kier molecular flexibility index (Phi) is 3.34. The van der Waals surface area contributed by atoms with Crippen LogP contribution < -0.4 is 4.74 Å². The van der Waals surface area contributed by atoms with Crippen molar-refractivity contribution in [3.8, 4) is 5.75 Å². The molecule has 104 valence electrons.